The third-order valence-corrected chi connectivity index (χ3v) is 10.4. The van der Waals surface area contributed by atoms with Gasteiger partial charge in [0.25, 0.3) is 0 Å². The molecular weight excluding hydrogens is 362 g/mol. The third-order valence-electron chi connectivity index (χ3n) is 10.4. The van der Waals surface area contributed by atoms with Gasteiger partial charge in [-0.05, 0) is 108 Å². The molecule has 1 saturated carbocycles. The van der Waals surface area contributed by atoms with Gasteiger partial charge < -0.3 is 0 Å². The molecule has 4 aliphatic rings. The summed E-state index contributed by atoms with van der Waals surface area (Å²) in [6, 6.07) is 0. The van der Waals surface area contributed by atoms with Crippen LogP contribution in [0.2, 0.25) is 0 Å². The van der Waals surface area contributed by atoms with Crippen molar-refractivity contribution >= 4 is 0 Å². The number of pyridine rings is 1. The molecule has 5 rings (SSSR count). The maximum atomic E-state index is 5.15. The van der Waals surface area contributed by atoms with Crippen molar-refractivity contribution in [1.29, 1.82) is 0 Å². The lowest BCUT2D eigenvalue weighted by Crippen LogP contribution is -2.48. The van der Waals surface area contributed by atoms with E-state index in [0.717, 1.165) is 29.6 Å². The lowest BCUT2D eigenvalue weighted by Gasteiger charge is -2.56. The van der Waals surface area contributed by atoms with Gasteiger partial charge in [-0.25, -0.2) is 0 Å². The molecule has 1 heterocycles. The second-order valence-corrected chi connectivity index (χ2v) is 12.7. The maximum absolute atomic E-state index is 5.15. The van der Waals surface area contributed by atoms with Crippen LogP contribution in [0.25, 0.3) is 0 Å². The number of rotatable bonds is 5. The molecule has 0 N–H and O–H groups in total. The Labute approximate surface area is 187 Å². The van der Waals surface area contributed by atoms with Crippen molar-refractivity contribution < 1.29 is 1.43 Å². The average Bonchev–Trinajstić information content (AvgIpc) is 3.00. The monoisotopic (exact) mass is 407 g/mol. The minimum atomic E-state index is 0. The van der Waals surface area contributed by atoms with E-state index in [2.05, 4.69) is 47.7 Å². The largest absolute Gasteiger partial charge is 0.261 e. The molecule has 4 aliphatic carbocycles. The molecular formula is C29H45N. The Balaban J connectivity index is 0.00000231. The molecule has 1 heteroatoms. The predicted molar refractivity (Wildman–Crippen MR) is 128 cm³/mol. The summed E-state index contributed by atoms with van der Waals surface area (Å²) in [4.78, 5) is 5.15. The van der Waals surface area contributed by atoms with Gasteiger partial charge in [-0.3, -0.25) is 4.98 Å². The van der Waals surface area contributed by atoms with E-state index >= 15 is 0 Å². The second kappa shape index (κ2) is 7.35. The Kier molecular flexibility index (Phi) is 5.15. The summed E-state index contributed by atoms with van der Waals surface area (Å²) in [5, 5.41) is 0. The van der Waals surface area contributed by atoms with Crippen LogP contribution in [0.5, 0.6) is 0 Å². The highest BCUT2D eigenvalue weighted by Crippen LogP contribution is 2.65. The molecule has 2 radical (unpaired) electrons. The summed E-state index contributed by atoms with van der Waals surface area (Å²) >= 11 is 0. The van der Waals surface area contributed by atoms with Crippen molar-refractivity contribution in [3.05, 3.63) is 35.5 Å². The van der Waals surface area contributed by atoms with Crippen LogP contribution in [0.1, 0.15) is 116 Å². The van der Waals surface area contributed by atoms with Gasteiger partial charge in [0.1, 0.15) is 0 Å². The number of aromatic nitrogens is 1. The Morgan fingerprint density at radius 1 is 1.13 bits per heavy atom. The SMILES string of the molecule is [CH2]C1CCC2(C)C3CCC4(C)c5c(cnc(c53)C[C@H]2C1)CC4[C@H](C)CCCC(C)C.[H]. The predicted octanol–water partition coefficient (Wildman–Crippen LogP) is 7.78. The number of fused-ring (bicyclic) bond motifs is 2. The zero-order valence-corrected chi connectivity index (χ0v) is 20.3. The van der Waals surface area contributed by atoms with Crippen molar-refractivity contribution in [3.8, 4) is 0 Å². The van der Waals surface area contributed by atoms with Crippen LogP contribution in [0.4, 0.5) is 0 Å². The van der Waals surface area contributed by atoms with Gasteiger partial charge in [0.15, 0.2) is 0 Å². The van der Waals surface area contributed by atoms with Crippen LogP contribution in [-0.2, 0) is 18.3 Å². The summed E-state index contributed by atoms with van der Waals surface area (Å²) in [6.45, 7) is 17.0. The first-order valence-electron chi connectivity index (χ1n) is 13.1. The van der Waals surface area contributed by atoms with E-state index in [-0.39, 0.29) is 1.43 Å². The fourth-order valence-electron chi connectivity index (χ4n) is 8.58. The first-order valence-corrected chi connectivity index (χ1v) is 13.1. The number of nitrogens with zero attached hydrogens (tertiary/aromatic N) is 1. The molecule has 166 valence electrons. The molecule has 30 heavy (non-hydrogen) atoms. The average molecular weight is 408 g/mol. The molecule has 0 bridgehead atoms. The third kappa shape index (κ3) is 3.04. The molecule has 0 aliphatic heterocycles. The van der Waals surface area contributed by atoms with Crippen molar-refractivity contribution in [3.63, 3.8) is 0 Å². The zero-order chi connectivity index (χ0) is 21.3. The van der Waals surface area contributed by atoms with Crippen LogP contribution >= 0.6 is 0 Å². The van der Waals surface area contributed by atoms with E-state index in [0.29, 0.717) is 16.7 Å². The molecule has 0 saturated heterocycles. The van der Waals surface area contributed by atoms with Gasteiger partial charge >= 0.3 is 0 Å². The van der Waals surface area contributed by atoms with Gasteiger partial charge in [0.2, 0.25) is 0 Å². The Hall–Kier alpha value is -0.850. The van der Waals surface area contributed by atoms with E-state index in [9.17, 15) is 0 Å². The summed E-state index contributed by atoms with van der Waals surface area (Å²) < 4.78 is 0. The Morgan fingerprint density at radius 3 is 2.70 bits per heavy atom. The molecule has 1 fully saturated rings. The standard InChI is InChI=1S/C29H44N.H/c1-18(2)8-7-9-20(4)24-15-21-17-30-25-16-22-14-19(3)10-12-28(22,5)23-11-13-29(24,6)27(21)26(23)25;/h17-20,22-24H,3,7-16H2,1-2,4-6H3;/t19?,20-,22-,23?,24?,28?,29?;/m1./s1. The number of hydrogen-bond donors (Lipinski definition) is 0. The van der Waals surface area contributed by atoms with Crippen LogP contribution in [0.15, 0.2) is 6.20 Å². The number of hydrogen-bond acceptors (Lipinski definition) is 1. The minimum Gasteiger partial charge on any atom is -0.261 e. The molecule has 7 atom stereocenters. The molecule has 0 aromatic carbocycles. The molecule has 1 aromatic heterocycles. The van der Waals surface area contributed by atoms with E-state index in [4.69, 9.17) is 4.98 Å². The molecule has 0 spiro atoms. The highest BCUT2D eigenvalue weighted by atomic mass is 14.7. The Morgan fingerprint density at radius 2 is 1.93 bits per heavy atom. The van der Waals surface area contributed by atoms with Crippen molar-refractivity contribution in [2.45, 2.75) is 110 Å². The molecule has 5 unspecified atom stereocenters. The van der Waals surface area contributed by atoms with Gasteiger partial charge in [0, 0.05) is 13.3 Å². The lowest BCUT2D eigenvalue weighted by molar-refractivity contribution is 0.0325. The molecule has 1 nitrogen and oxygen atoms in total. The van der Waals surface area contributed by atoms with Crippen molar-refractivity contribution in [2.24, 2.45) is 35.0 Å². The van der Waals surface area contributed by atoms with Crippen LogP contribution in [0.3, 0.4) is 0 Å². The van der Waals surface area contributed by atoms with Gasteiger partial charge in [0.05, 0.1) is 0 Å². The first-order chi connectivity index (χ1) is 14.2. The Bertz CT molecular complexity index is 815. The van der Waals surface area contributed by atoms with Crippen LogP contribution in [-0.4, -0.2) is 4.98 Å². The highest BCUT2D eigenvalue weighted by molar-refractivity contribution is 5.52. The van der Waals surface area contributed by atoms with E-state index < -0.39 is 0 Å². The van der Waals surface area contributed by atoms with Crippen LogP contribution < -0.4 is 0 Å². The van der Waals surface area contributed by atoms with E-state index in [1.165, 1.54) is 69.9 Å². The van der Waals surface area contributed by atoms with Gasteiger partial charge in [-0.1, -0.05) is 60.8 Å². The summed E-state index contributed by atoms with van der Waals surface area (Å²) in [6.07, 6.45) is 15.8. The minimum absolute atomic E-state index is 0. The van der Waals surface area contributed by atoms with Crippen LogP contribution in [0, 0.1) is 41.9 Å². The fourth-order valence-corrected chi connectivity index (χ4v) is 8.58. The second-order valence-electron chi connectivity index (χ2n) is 12.7. The van der Waals surface area contributed by atoms with E-state index in [1.54, 1.807) is 16.7 Å². The fraction of sp³-hybridized carbons (Fsp3) is 0.793. The molecule has 1 aromatic rings. The van der Waals surface area contributed by atoms with Gasteiger partial charge in [-0.2, -0.15) is 0 Å². The molecule has 0 amide bonds. The van der Waals surface area contributed by atoms with E-state index in [1.807, 2.05) is 0 Å². The quantitative estimate of drug-likeness (QED) is 0.485. The van der Waals surface area contributed by atoms with Gasteiger partial charge in [-0.15, -0.1) is 0 Å². The first kappa shape index (κ1) is 21.0. The summed E-state index contributed by atoms with van der Waals surface area (Å²) in [5.41, 5.74) is 7.52. The smallest absolute Gasteiger partial charge is 0.0444 e. The van der Waals surface area contributed by atoms with Crippen molar-refractivity contribution in [2.75, 3.05) is 0 Å². The normalized spacial score (nSPS) is 40.2. The highest BCUT2D eigenvalue weighted by Gasteiger charge is 2.57. The topological polar surface area (TPSA) is 12.9 Å². The summed E-state index contributed by atoms with van der Waals surface area (Å²) in [5.74, 6) is 4.68. The lowest BCUT2D eigenvalue weighted by atomic mass is 9.48. The van der Waals surface area contributed by atoms with Crippen molar-refractivity contribution in [1.82, 2.24) is 4.98 Å². The summed E-state index contributed by atoms with van der Waals surface area (Å²) in [7, 11) is 0. The zero-order valence-electron chi connectivity index (χ0n) is 21.3. The maximum Gasteiger partial charge on any atom is 0.0444 e.